The van der Waals surface area contributed by atoms with Gasteiger partial charge in [-0.25, -0.2) is 9.97 Å². The van der Waals surface area contributed by atoms with E-state index in [1.807, 2.05) is 18.6 Å². The first-order valence-electron chi connectivity index (χ1n) is 2.89. The third-order valence-corrected chi connectivity index (χ3v) is 2.49. The Balaban J connectivity index is 3.02. The molecule has 11 heavy (non-hydrogen) atoms. The van der Waals surface area contributed by atoms with Gasteiger partial charge in [-0.2, -0.15) is 0 Å². The standard InChI is InChI=1S/C6H7ClN2S2/c1-10-4-3-5(11-2)9-6(7)8-4/h3H,1-2H3. The predicted octanol–water partition coefficient (Wildman–Crippen LogP) is 2.57. The fourth-order valence-corrected chi connectivity index (χ4v) is 1.76. The Hall–Kier alpha value is 0.0700. The quantitative estimate of drug-likeness (QED) is 0.422. The second-order valence-electron chi connectivity index (χ2n) is 1.72. The molecule has 1 rings (SSSR count). The fourth-order valence-electron chi connectivity index (χ4n) is 0.586. The summed E-state index contributed by atoms with van der Waals surface area (Å²) < 4.78 is 0. The van der Waals surface area contributed by atoms with Gasteiger partial charge in [-0.1, -0.05) is 0 Å². The lowest BCUT2D eigenvalue weighted by atomic mass is 10.7. The molecule has 2 nitrogen and oxygen atoms in total. The molecule has 60 valence electrons. The fraction of sp³-hybridized carbons (Fsp3) is 0.333. The van der Waals surface area contributed by atoms with Crippen LogP contribution in [0, 0.1) is 0 Å². The molecule has 5 heteroatoms. The molecule has 0 fully saturated rings. The van der Waals surface area contributed by atoms with Crippen LogP contribution in [0.5, 0.6) is 0 Å². The Morgan fingerprint density at radius 2 is 1.64 bits per heavy atom. The van der Waals surface area contributed by atoms with E-state index >= 15 is 0 Å². The molecule has 0 aliphatic heterocycles. The van der Waals surface area contributed by atoms with E-state index in [0.717, 1.165) is 10.1 Å². The Labute approximate surface area is 79.2 Å². The van der Waals surface area contributed by atoms with Gasteiger partial charge >= 0.3 is 0 Å². The molecule has 0 spiro atoms. The first-order valence-corrected chi connectivity index (χ1v) is 5.71. The van der Waals surface area contributed by atoms with Gasteiger partial charge < -0.3 is 0 Å². The van der Waals surface area contributed by atoms with Crippen molar-refractivity contribution in [2.24, 2.45) is 0 Å². The predicted molar refractivity (Wildman–Crippen MR) is 50.6 cm³/mol. The van der Waals surface area contributed by atoms with E-state index in [1.54, 1.807) is 23.5 Å². The Kier molecular flexibility index (Phi) is 3.48. The Bertz CT molecular complexity index is 232. The normalized spacial score (nSPS) is 10.1. The van der Waals surface area contributed by atoms with Gasteiger partial charge in [-0.05, 0) is 24.1 Å². The van der Waals surface area contributed by atoms with Crippen LogP contribution in [0.15, 0.2) is 16.1 Å². The third kappa shape index (κ3) is 2.54. The molecule has 0 saturated heterocycles. The molecule has 1 aromatic heterocycles. The summed E-state index contributed by atoms with van der Waals surface area (Å²) in [7, 11) is 0. The molecule has 0 N–H and O–H groups in total. The van der Waals surface area contributed by atoms with Crippen molar-refractivity contribution in [1.82, 2.24) is 9.97 Å². The lowest BCUT2D eigenvalue weighted by Gasteiger charge is -1.98. The summed E-state index contributed by atoms with van der Waals surface area (Å²) in [5.74, 6) is 0. The van der Waals surface area contributed by atoms with E-state index in [4.69, 9.17) is 11.6 Å². The second-order valence-corrected chi connectivity index (χ2v) is 3.71. The molecule has 0 aliphatic rings. The molecule has 1 heterocycles. The van der Waals surface area contributed by atoms with Crippen molar-refractivity contribution in [1.29, 1.82) is 0 Å². The number of thioether (sulfide) groups is 2. The first kappa shape index (κ1) is 9.16. The summed E-state index contributed by atoms with van der Waals surface area (Å²) in [6.07, 6.45) is 3.92. The number of hydrogen-bond acceptors (Lipinski definition) is 4. The highest BCUT2D eigenvalue weighted by atomic mass is 35.5. The van der Waals surface area contributed by atoms with Crippen molar-refractivity contribution < 1.29 is 0 Å². The highest BCUT2D eigenvalue weighted by Crippen LogP contribution is 2.20. The van der Waals surface area contributed by atoms with Crippen LogP contribution in [-0.2, 0) is 0 Å². The zero-order valence-corrected chi connectivity index (χ0v) is 8.56. The van der Waals surface area contributed by atoms with Gasteiger partial charge in [-0.3, -0.25) is 0 Å². The maximum Gasteiger partial charge on any atom is 0.224 e. The molecule has 0 unspecified atom stereocenters. The summed E-state index contributed by atoms with van der Waals surface area (Å²) in [5, 5.41) is 2.14. The molecule has 0 aromatic carbocycles. The van der Waals surface area contributed by atoms with E-state index in [9.17, 15) is 0 Å². The summed E-state index contributed by atoms with van der Waals surface area (Å²) in [4.78, 5) is 8.01. The molecule has 0 atom stereocenters. The molecule has 0 bridgehead atoms. The number of nitrogens with zero attached hydrogens (tertiary/aromatic N) is 2. The highest BCUT2D eigenvalue weighted by Gasteiger charge is 1.99. The zero-order chi connectivity index (χ0) is 8.27. The summed E-state index contributed by atoms with van der Waals surface area (Å²) in [6, 6.07) is 1.92. The SMILES string of the molecule is CSc1cc(SC)nc(Cl)n1. The van der Waals surface area contributed by atoms with Crippen molar-refractivity contribution in [2.75, 3.05) is 12.5 Å². The first-order chi connectivity index (χ1) is 5.26. The van der Waals surface area contributed by atoms with Gasteiger partial charge in [0.15, 0.2) is 0 Å². The number of aromatic nitrogens is 2. The molecule has 0 amide bonds. The van der Waals surface area contributed by atoms with Gasteiger partial charge in [0.2, 0.25) is 5.28 Å². The van der Waals surface area contributed by atoms with Gasteiger partial charge in [0.05, 0.1) is 0 Å². The Morgan fingerprint density at radius 3 is 2.00 bits per heavy atom. The minimum absolute atomic E-state index is 0.321. The maximum absolute atomic E-state index is 5.66. The smallest absolute Gasteiger partial charge is 0.211 e. The van der Waals surface area contributed by atoms with Crippen LogP contribution in [-0.4, -0.2) is 22.5 Å². The minimum atomic E-state index is 0.321. The van der Waals surface area contributed by atoms with Crippen LogP contribution in [0.3, 0.4) is 0 Å². The van der Waals surface area contributed by atoms with Crippen LogP contribution in [0.4, 0.5) is 0 Å². The van der Waals surface area contributed by atoms with Crippen LogP contribution >= 0.6 is 35.1 Å². The van der Waals surface area contributed by atoms with Crippen molar-refractivity contribution >= 4 is 35.1 Å². The number of halogens is 1. The number of rotatable bonds is 2. The lowest BCUT2D eigenvalue weighted by molar-refractivity contribution is 0.967. The lowest BCUT2D eigenvalue weighted by Crippen LogP contribution is -1.86. The van der Waals surface area contributed by atoms with Crippen molar-refractivity contribution in [3.8, 4) is 0 Å². The van der Waals surface area contributed by atoms with Gasteiger partial charge in [0.25, 0.3) is 0 Å². The van der Waals surface area contributed by atoms with Gasteiger partial charge in [0, 0.05) is 6.07 Å². The average molecular weight is 207 g/mol. The summed E-state index contributed by atoms with van der Waals surface area (Å²) in [5.41, 5.74) is 0. The van der Waals surface area contributed by atoms with Crippen LogP contribution < -0.4 is 0 Å². The van der Waals surface area contributed by atoms with Gasteiger partial charge in [-0.15, -0.1) is 23.5 Å². The third-order valence-electron chi connectivity index (χ3n) is 1.07. The van der Waals surface area contributed by atoms with Gasteiger partial charge in [0.1, 0.15) is 10.1 Å². The molecule has 0 saturated carbocycles. The van der Waals surface area contributed by atoms with E-state index < -0.39 is 0 Å². The maximum atomic E-state index is 5.66. The summed E-state index contributed by atoms with van der Waals surface area (Å²) >= 11 is 8.79. The Morgan fingerprint density at radius 1 is 1.18 bits per heavy atom. The average Bonchev–Trinajstić information content (AvgIpc) is 2.03. The van der Waals surface area contributed by atoms with E-state index in [-0.39, 0.29) is 0 Å². The van der Waals surface area contributed by atoms with Crippen LogP contribution in [0.25, 0.3) is 0 Å². The molecule has 1 aromatic rings. The van der Waals surface area contributed by atoms with E-state index in [0.29, 0.717) is 5.28 Å². The van der Waals surface area contributed by atoms with Crippen LogP contribution in [0.2, 0.25) is 5.28 Å². The highest BCUT2D eigenvalue weighted by molar-refractivity contribution is 7.99. The molecular weight excluding hydrogens is 200 g/mol. The molecule has 0 aliphatic carbocycles. The van der Waals surface area contributed by atoms with E-state index in [2.05, 4.69) is 9.97 Å². The van der Waals surface area contributed by atoms with Crippen molar-refractivity contribution in [3.05, 3.63) is 11.3 Å². The second kappa shape index (κ2) is 4.18. The number of hydrogen-bond donors (Lipinski definition) is 0. The minimum Gasteiger partial charge on any atom is -0.211 e. The molecular formula is C6H7ClN2S2. The summed E-state index contributed by atoms with van der Waals surface area (Å²) in [6.45, 7) is 0. The van der Waals surface area contributed by atoms with Crippen molar-refractivity contribution in [2.45, 2.75) is 10.1 Å². The monoisotopic (exact) mass is 206 g/mol. The largest absolute Gasteiger partial charge is 0.224 e. The van der Waals surface area contributed by atoms with Crippen LogP contribution in [0.1, 0.15) is 0 Å². The zero-order valence-electron chi connectivity index (χ0n) is 6.17. The van der Waals surface area contributed by atoms with Crippen molar-refractivity contribution in [3.63, 3.8) is 0 Å². The molecule has 0 radical (unpaired) electrons. The topological polar surface area (TPSA) is 25.8 Å². The van der Waals surface area contributed by atoms with E-state index in [1.165, 1.54) is 0 Å².